The highest BCUT2D eigenvalue weighted by Crippen LogP contribution is 2.40. The average molecular weight is 763 g/mol. The molecule has 0 saturated heterocycles. The van der Waals surface area contributed by atoms with Crippen molar-refractivity contribution in [1.82, 2.24) is 5.32 Å². The Labute approximate surface area is 300 Å². The number of halogens is 4. The highest BCUT2D eigenvalue weighted by Gasteiger charge is 2.42. The number of hydrogen-bond acceptors (Lipinski definition) is 8. The van der Waals surface area contributed by atoms with Crippen molar-refractivity contribution in [3.8, 4) is 5.75 Å². The number of ether oxygens (including phenoxy) is 1. The van der Waals surface area contributed by atoms with Crippen LogP contribution in [0.15, 0.2) is 77.8 Å². The van der Waals surface area contributed by atoms with E-state index in [-0.39, 0.29) is 35.1 Å². The summed E-state index contributed by atoms with van der Waals surface area (Å²) in [6.45, 7) is -0.891. The van der Waals surface area contributed by atoms with Gasteiger partial charge in [0.05, 0.1) is 17.8 Å². The first-order chi connectivity index (χ1) is 25.0. The van der Waals surface area contributed by atoms with Crippen molar-refractivity contribution in [2.75, 3.05) is 11.6 Å². The predicted octanol–water partition coefficient (Wildman–Crippen LogP) is 4.53. The van der Waals surface area contributed by atoms with Crippen molar-refractivity contribution in [3.05, 3.63) is 95.3 Å². The summed E-state index contributed by atoms with van der Waals surface area (Å²) in [5, 5.41) is 2.38. The molecule has 3 aromatic carbocycles. The fourth-order valence-corrected chi connectivity index (χ4v) is 6.36. The topological polar surface area (TPSA) is 198 Å². The van der Waals surface area contributed by atoms with Gasteiger partial charge >= 0.3 is 20.0 Å². The number of aliphatic imine (C=N–C) groups is 1. The third kappa shape index (κ3) is 10.7. The van der Waals surface area contributed by atoms with E-state index in [1.807, 2.05) is 0 Å². The highest BCUT2D eigenvalue weighted by molar-refractivity contribution is 7.46. The number of alkyl halides is 3. The van der Waals surface area contributed by atoms with Crippen molar-refractivity contribution in [3.63, 3.8) is 0 Å². The van der Waals surface area contributed by atoms with Gasteiger partial charge in [-0.15, -0.1) is 0 Å². The Morgan fingerprint density at radius 2 is 1.68 bits per heavy atom. The number of benzodiazepines with no additional fused rings is 1. The molecule has 0 bridgehead atoms. The largest absolute Gasteiger partial charge is 0.524 e. The molecule has 3 aromatic rings. The third-order valence-corrected chi connectivity index (χ3v) is 9.11. The maximum absolute atomic E-state index is 15.7. The van der Waals surface area contributed by atoms with Gasteiger partial charge in [0.2, 0.25) is 18.0 Å². The van der Waals surface area contributed by atoms with Gasteiger partial charge in [0, 0.05) is 29.4 Å². The number of para-hydroxylation sites is 1. The SMILES string of the molecule is NC(=O)[C@@H](CC1CC1)[C@@H](CCC(F)(F)F)C(=O)N[C@H]1N=C(c2ccccc2)c2cccc(F)c2N(COC(=O)Cc2ccc(OP(=O)(O)O)cc2)C1=O. The van der Waals surface area contributed by atoms with Crippen LogP contribution in [0.3, 0.4) is 0 Å². The van der Waals surface area contributed by atoms with Crippen LogP contribution in [0, 0.1) is 23.6 Å². The second-order valence-electron chi connectivity index (χ2n) is 12.7. The molecular weight excluding hydrogens is 727 g/mol. The number of hydrogen-bond donors (Lipinski definition) is 4. The van der Waals surface area contributed by atoms with Gasteiger partial charge in [0.15, 0.2) is 6.73 Å². The molecule has 1 saturated carbocycles. The maximum Gasteiger partial charge on any atom is 0.524 e. The Balaban J connectivity index is 1.46. The van der Waals surface area contributed by atoms with Crippen LogP contribution in [0.2, 0.25) is 0 Å². The van der Waals surface area contributed by atoms with Gasteiger partial charge in [-0.2, -0.15) is 13.2 Å². The van der Waals surface area contributed by atoms with Crippen molar-refractivity contribution >= 4 is 42.9 Å². The predicted molar refractivity (Wildman–Crippen MR) is 180 cm³/mol. The first-order valence-corrected chi connectivity index (χ1v) is 17.9. The number of nitrogens with one attached hydrogen (secondary N) is 1. The average Bonchev–Trinajstić information content (AvgIpc) is 3.92. The molecule has 3 atom stereocenters. The molecule has 1 fully saturated rings. The van der Waals surface area contributed by atoms with Gasteiger partial charge in [-0.25, -0.2) is 13.9 Å². The van der Waals surface area contributed by atoms with Gasteiger partial charge in [0.25, 0.3) is 5.91 Å². The lowest BCUT2D eigenvalue weighted by atomic mass is 9.83. The van der Waals surface area contributed by atoms with Crippen LogP contribution in [-0.4, -0.2) is 58.3 Å². The van der Waals surface area contributed by atoms with Crippen molar-refractivity contribution in [2.45, 2.75) is 50.9 Å². The zero-order chi connectivity index (χ0) is 38.5. The lowest BCUT2D eigenvalue weighted by Crippen LogP contribution is -2.51. The summed E-state index contributed by atoms with van der Waals surface area (Å²) in [5.74, 6) is -8.02. The lowest BCUT2D eigenvalue weighted by molar-refractivity contribution is -0.147. The van der Waals surface area contributed by atoms with Crippen molar-refractivity contribution in [2.24, 2.45) is 28.5 Å². The molecular formula is C35H35F4N4O9P. The second kappa shape index (κ2) is 16.3. The van der Waals surface area contributed by atoms with Crippen LogP contribution in [0.4, 0.5) is 23.2 Å². The smallest absolute Gasteiger partial charge is 0.444 e. The van der Waals surface area contributed by atoms with Gasteiger partial charge in [-0.3, -0.25) is 33.9 Å². The Morgan fingerprint density at radius 3 is 2.28 bits per heavy atom. The van der Waals surface area contributed by atoms with Crippen LogP contribution < -0.4 is 20.5 Å². The van der Waals surface area contributed by atoms with E-state index in [1.54, 1.807) is 30.3 Å². The van der Waals surface area contributed by atoms with Crippen LogP contribution in [0.5, 0.6) is 5.75 Å². The number of fused-ring (bicyclic) bond motifs is 1. The summed E-state index contributed by atoms with van der Waals surface area (Å²) in [5.41, 5.74) is 6.03. The number of benzene rings is 3. The quantitative estimate of drug-likeness (QED) is 0.0977. The van der Waals surface area contributed by atoms with Gasteiger partial charge in [0.1, 0.15) is 11.6 Å². The molecule has 1 aliphatic carbocycles. The monoisotopic (exact) mass is 762 g/mol. The van der Waals surface area contributed by atoms with Crippen LogP contribution in [0.1, 0.15) is 48.8 Å². The van der Waals surface area contributed by atoms with Crippen LogP contribution in [-0.2, 0) is 34.9 Å². The standard InChI is InChI=1S/C35H35F4N4O9P/c36-27-8-4-7-25-29(22-5-2-1-3-6-22)41-32(42-33(46)24(15-16-35(37,38)39)26(31(40)45)17-20-9-10-20)34(47)43(30(25)27)19-51-28(44)18-21-11-13-23(14-12-21)52-53(48,49)50/h1-8,11-14,20,24,26,32H,9-10,15-19H2,(H2,40,45)(H,42,46)(H2,48,49,50)/t24-,26+,32-/m1/s1. The lowest BCUT2D eigenvalue weighted by Gasteiger charge is -2.28. The van der Waals surface area contributed by atoms with E-state index in [9.17, 15) is 36.9 Å². The fourth-order valence-electron chi connectivity index (χ4n) is 5.97. The third-order valence-electron chi connectivity index (χ3n) is 8.66. The normalized spacial score (nSPS) is 17.2. The molecule has 53 heavy (non-hydrogen) atoms. The summed E-state index contributed by atoms with van der Waals surface area (Å²) >= 11 is 0. The Bertz CT molecular complexity index is 1920. The summed E-state index contributed by atoms with van der Waals surface area (Å²) < 4.78 is 76.9. The molecule has 2 aliphatic rings. The first-order valence-electron chi connectivity index (χ1n) is 16.4. The van der Waals surface area contributed by atoms with Crippen molar-refractivity contribution in [1.29, 1.82) is 0 Å². The molecule has 0 aromatic heterocycles. The summed E-state index contributed by atoms with van der Waals surface area (Å²) in [6, 6.07) is 17.1. The molecule has 0 spiro atoms. The minimum absolute atomic E-state index is 0.00421. The summed E-state index contributed by atoms with van der Waals surface area (Å²) in [7, 11) is -4.83. The molecule has 1 aliphatic heterocycles. The van der Waals surface area contributed by atoms with Crippen LogP contribution in [0.25, 0.3) is 0 Å². The number of carbonyl (C=O) groups excluding carboxylic acids is 4. The van der Waals surface area contributed by atoms with Gasteiger partial charge < -0.3 is 20.3 Å². The van der Waals surface area contributed by atoms with Crippen molar-refractivity contribution < 1.29 is 60.4 Å². The van der Waals surface area contributed by atoms with E-state index in [0.29, 0.717) is 11.1 Å². The number of phosphoric acid groups is 1. The maximum atomic E-state index is 15.7. The van der Waals surface area contributed by atoms with Gasteiger partial charge in [-0.1, -0.05) is 67.4 Å². The van der Waals surface area contributed by atoms with E-state index in [0.717, 1.165) is 23.8 Å². The molecule has 1 heterocycles. The molecule has 18 heteroatoms. The number of phosphoric ester groups is 1. The number of nitrogens with two attached hydrogens (primary N) is 1. The Morgan fingerprint density at radius 1 is 1.00 bits per heavy atom. The molecule has 0 radical (unpaired) electrons. The number of primary amides is 1. The molecule has 5 rings (SSSR count). The zero-order valence-corrected chi connectivity index (χ0v) is 28.8. The molecule has 13 nitrogen and oxygen atoms in total. The number of esters is 1. The van der Waals surface area contributed by atoms with E-state index in [4.69, 9.17) is 20.3 Å². The molecule has 3 amide bonds. The number of nitrogens with zero attached hydrogens (tertiary/aromatic N) is 2. The van der Waals surface area contributed by atoms with Crippen LogP contribution >= 0.6 is 7.82 Å². The Hall–Kier alpha value is -5.12. The number of anilines is 1. The first kappa shape index (κ1) is 39.1. The number of amides is 3. The molecule has 0 unspecified atom stereocenters. The van der Waals surface area contributed by atoms with Gasteiger partial charge in [-0.05, 0) is 42.5 Å². The number of carbonyl (C=O) groups is 4. The highest BCUT2D eigenvalue weighted by atomic mass is 31.2. The summed E-state index contributed by atoms with van der Waals surface area (Å²) in [6.07, 6.45) is -7.63. The molecule has 5 N–H and O–H groups in total. The minimum atomic E-state index is -4.83. The Kier molecular flexibility index (Phi) is 12.0. The number of rotatable bonds is 15. The zero-order valence-electron chi connectivity index (χ0n) is 27.9. The summed E-state index contributed by atoms with van der Waals surface area (Å²) in [4.78, 5) is 76.7. The van der Waals surface area contributed by atoms with E-state index in [2.05, 4.69) is 14.8 Å². The van der Waals surface area contributed by atoms with E-state index >= 15 is 4.39 Å². The van der Waals surface area contributed by atoms with E-state index < -0.39 is 87.5 Å². The molecule has 282 valence electrons. The fraction of sp³-hybridized carbons (Fsp3) is 0.343. The second-order valence-corrected chi connectivity index (χ2v) is 13.8. The van der Waals surface area contributed by atoms with E-state index in [1.165, 1.54) is 36.4 Å². The minimum Gasteiger partial charge on any atom is -0.444 e.